The van der Waals surface area contributed by atoms with E-state index in [0.29, 0.717) is 12.3 Å². The molecule has 3 heteroatoms. The van der Waals surface area contributed by atoms with Crippen LogP contribution in [0.25, 0.3) is 0 Å². The molecule has 2 nitrogen and oxygen atoms in total. The maximum atomic E-state index is 11.7. The van der Waals surface area contributed by atoms with Crippen molar-refractivity contribution in [2.24, 2.45) is 5.92 Å². The summed E-state index contributed by atoms with van der Waals surface area (Å²) in [6.45, 7) is 4.15. The molecule has 0 radical (unpaired) electrons. The zero-order valence-corrected chi connectivity index (χ0v) is 11.3. The Morgan fingerprint density at radius 1 is 1.31 bits per heavy atom. The second kappa shape index (κ2) is 6.69. The highest BCUT2D eigenvalue weighted by Gasteiger charge is 2.13. The highest BCUT2D eigenvalue weighted by molar-refractivity contribution is 9.09. The van der Waals surface area contributed by atoms with Gasteiger partial charge in [0.2, 0.25) is 5.91 Å². The van der Waals surface area contributed by atoms with Crippen LogP contribution in [-0.4, -0.2) is 17.3 Å². The minimum atomic E-state index is 0.0894. The second-order valence-corrected chi connectivity index (χ2v) is 4.80. The topological polar surface area (TPSA) is 29.1 Å². The SMILES string of the molecule is CC(CBr)C(C)NC(=O)Cc1ccccc1. The predicted molar refractivity (Wildman–Crippen MR) is 70.7 cm³/mol. The van der Waals surface area contributed by atoms with Crippen LogP contribution < -0.4 is 5.32 Å². The van der Waals surface area contributed by atoms with Crippen molar-refractivity contribution < 1.29 is 4.79 Å². The van der Waals surface area contributed by atoms with Gasteiger partial charge >= 0.3 is 0 Å². The van der Waals surface area contributed by atoms with E-state index < -0.39 is 0 Å². The van der Waals surface area contributed by atoms with E-state index in [9.17, 15) is 4.79 Å². The van der Waals surface area contributed by atoms with Crippen molar-refractivity contribution in [2.75, 3.05) is 5.33 Å². The van der Waals surface area contributed by atoms with Gasteiger partial charge in [-0.1, -0.05) is 53.2 Å². The molecule has 1 N–H and O–H groups in total. The van der Waals surface area contributed by atoms with E-state index in [1.54, 1.807) is 0 Å². The van der Waals surface area contributed by atoms with E-state index in [2.05, 4.69) is 28.2 Å². The largest absolute Gasteiger partial charge is 0.353 e. The molecule has 2 unspecified atom stereocenters. The maximum Gasteiger partial charge on any atom is 0.224 e. The molecule has 0 aliphatic carbocycles. The lowest BCUT2D eigenvalue weighted by atomic mass is 10.1. The molecule has 0 bridgehead atoms. The van der Waals surface area contributed by atoms with Crippen molar-refractivity contribution in [1.29, 1.82) is 0 Å². The molecule has 88 valence electrons. The molecule has 1 rings (SSSR count). The molecule has 16 heavy (non-hydrogen) atoms. The molecule has 0 saturated heterocycles. The Morgan fingerprint density at radius 3 is 2.50 bits per heavy atom. The van der Waals surface area contributed by atoms with Crippen molar-refractivity contribution in [1.82, 2.24) is 5.32 Å². The third kappa shape index (κ3) is 4.35. The molecule has 0 aromatic heterocycles. The quantitative estimate of drug-likeness (QED) is 0.828. The average Bonchev–Trinajstić information content (AvgIpc) is 2.29. The minimum Gasteiger partial charge on any atom is -0.353 e. The van der Waals surface area contributed by atoms with Gasteiger partial charge in [0.1, 0.15) is 0 Å². The summed E-state index contributed by atoms with van der Waals surface area (Å²) < 4.78 is 0. The van der Waals surface area contributed by atoms with E-state index in [4.69, 9.17) is 0 Å². The average molecular weight is 284 g/mol. The lowest BCUT2D eigenvalue weighted by molar-refractivity contribution is -0.121. The van der Waals surface area contributed by atoms with Crippen LogP contribution in [0.3, 0.4) is 0 Å². The van der Waals surface area contributed by atoms with E-state index in [-0.39, 0.29) is 11.9 Å². The summed E-state index contributed by atoms with van der Waals surface area (Å²) in [6, 6.07) is 10.0. The monoisotopic (exact) mass is 283 g/mol. The van der Waals surface area contributed by atoms with E-state index >= 15 is 0 Å². The van der Waals surface area contributed by atoms with Crippen molar-refractivity contribution in [3.8, 4) is 0 Å². The Labute approximate surface area is 106 Å². The van der Waals surface area contributed by atoms with Crippen LogP contribution in [-0.2, 0) is 11.2 Å². The molecule has 0 fully saturated rings. The van der Waals surface area contributed by atoms with Crippen LogP contribution >= 0.6 is 15.9 Å². The normalized spacial score (nSPS) is 14.2. The fourth-order valence-electron chi connectivity index (χ4n) is 1.36. The van der Waals surface area contributed by atoms with Gasteiger partial charge in [-0.3, -0.25) is 4.79 Å². The fourth-order valence-corrected chi connectivity index (χ4v) is 1.92. The van der Waals surface area contributed by atoms with Gasteiger partial charge in [0, 0.05) is 11.4 Å². The van der Waals surface area contributed by atoms with E-state index in [1.165, 1.54) is 0 Å². The molecule has 0 aliphatic rings. The van der Waals surface area contributed by atoms with Crippen LogP contribution in [0.1, 0.15) is 19.4 Å². The highest BCUT2D eigenvalue weighted by atomic mass is 79.9. The van der Waals surface area contributed by atoms with Gasteiger partial charge in [-0.05, 0) is 18.4 Å². The Hall–Kier alpha value is -0.830. The first-order valence-electron chi connectivity index (χ1n) is 5.52. The van der Waals surface area contributed by atoms with Gasteiger partial charge in [-0.25, -0.2) is 0 Å². The Morgan fingerprint density at radius 2 is 1.94 bits per heavy atom. The summed E-state index contributed by atoms with van der Waals surface area (Å²) in [5, 5.41) is 3.91. The maximum absolute atomic E-state index is 11.7. The number of nitrogens with one attached hydrogen (secondary N) is 1. The van der Waals surface area contributed by atoms with Crippen molar-refractivity contribution in [2.45, 2.75) is 26.3 Å². The van der Waals surface area contributed by atoms with Crippen LogP contribution in [0.5, 0.6) is 0 Å². The number of carbonyl (C=O) groups excluding carboxylic acids is 1. The molecule has 0 spiro atoms. The number of hydrogen-bond donors (Lipinski definition) is 1. The molecule has 0 heterocycles. The molecular formula is C13H18BrNO. The molecule has 0 aliphatic heterocycles. The first-order valence-corrected chi connectivity index (χ1v) is 6.65. The van der Waals surface area contributed by atoms with E-state index in [1.807, 2.05) is 37.3 Å². The molecular weight excluding hydrogens is 266 g/mol. The Bertz CT molecular complexity index is 326. The van der Waals surface area contributed by atoms with E-state index in [0.717, 1.165) is 10.9 Å². The first kappa shape index (κ1) is 13.2. The van der Waals surface area contributed by atoms with Crippen molar-refractivity contribution >= 4 is 21.8 Å². The summed E-state index contributed by atoms with van der Waals surface area (Å²) in [6.07, 6.45) is 0.459. The number of hydrogen-bond acceptors (Lipinski definition) is 1. The molecule has 1 aromatic carbocycles. The smallest absolute Gasteiger partial charge is 0.224 e. The molecule has 2 atom stereocenters. The number of carbonyl (C=O) groups is 1. The summed E-state index contributed by atoms with van der Waals surface area (Å²) in [5.74, 6) is 0.534. The minimum absolute atomic E-state index is 0.0894. The first-order chi connectivity index (χ1) is 7.63. The summed E-state index contributed by atoms with van der Waals surface area (Å²) in [4.78, 5) is 11.7. The lowest BCUT2D eigenvalue weighted by Crippen LogP contribution is -2.38. The zero-order chi connectivity index (χ0) is 12.0. The van der Waals surface area contributed by atoms with Crippen molar-refractivity contribution in [3.05, 3.63) is 35.9 Å². The highest BCUT2D eigenvalue weighted by Crippen LogP contribution is 2.06. The third-order valence-corrected chi connectivity index (χ3v) is 3.71. The van der Waals surface area contributed by atoms with Crippen LogP contribution in [0, 0.1) is 5.92 Å². The number of amides is 1. The number of halogens is 1. The summed E-state index contributed by atoms with van der Waals surface area (Å²) in [5.41, 5.74) is 1.05. The summed E-state index contributed by atoms with van der Waals surface area (Å²) >= 11 is 3.42. The van der Waals surface area contributed by atoms with Gasteiger partial charge < -0.3 is 5.32 Å². The lowest BCUT2D eigenvalue weighted by Gasteiger charge is -2.19. The van der Waals surface area contributed by atoms with Gasteiger partial charge in [0.25, 0.3) is 0 Å². The van der Waals surface area contributed by atoms with Crippen LogP contribution in [0.2, 0.25) is 0 Å². The number of alkyl halides is 1. The number of benzene rings is 1. The summed E-state index contributed by atoms with van der Waals surface area (Å²) in [7, 11) is 0. The number of rotatable bonds is 5. The van der Waals surface area contributed by atoms with Crippen LogP contribution in [0.15, 0.2) is 30.3 Å². The van der Waals surface area contributed by atoms with Crippen LogP contribution in [0.4, 0.5) is 0 Å². The molecule has 0 saturated carbocycles. The molecule has 1 aromatic rings. The van der Waals surface area contributed by atoms with Gasteiger partial charge in [-0.15, -0.1) is 0 Å². The zero-order valence-electron chi connectivity index (χ0n) is 9.74. The predicted octanol–water partition coefficient (Wildman–Crippen LogP) is 2.76. The third-order valence-electron chi connectivity index (χ3n) is 2.69. The Balaban J connectivity index is 2.42. The standard InChI is InChI=1S/C13H18BrNO/c1-10(9-14)11(2)15-13(16)8-12-6-4-3-5-7-12/h3-7,10-11H,8-9H2,1-2H3,(H,15,16). The Kier molecular flexibility index (Phi) is 5.53. The van der Waals surface area contributed by atoms with Crippen molar-refractivity contribution in [3.63, 3.8) is 0 Å². The van der Waals surface area contributed by atoms with Gasteiger partial charge in [0.15, 0.2) is 0 Å². The molecule has 1 amide bonds. The van der Waals surface area contributed by atoms with Gasteiger partial charge in [0.05, 0.1) is 6.42 Å². The fraction of sp³-hybridized carbons (Fsp3) is 0.462. The second-order valence-electron chi connectivity index (χ2n) is 4.15. The van der Waals surface area contributed by atoms with Gasteiger partial charge in [-0.2, -0.15) is 0 Å².